The van der Waals surface area contributed by atoms with Gasteiger partial charge < -0.3 is 19.8 Å². The fourth-order valence-electron chi connectivity index (χ4n) is 2.65. The lowest BCUT2D eigenvalue weighted by molar-refractivity contribution is 0.0942. The molecule has 0 aliphatic rings. The molecule has 0 saturated heterocycles. The summed E-state index contributed by atoms with van der Waals surface area (Å²) in [6.45, 7) is 3.55. The van der Waals surface area contributed by atoms with Gasteiger partial charge in [-0.1, -0.05) is 6.07 Å². The molecule has 1 unspecified atom stereocenters. The lowest BCUT2D eigenvalue weighted by Crippen LogP contribution is -2.26. The van der Waals surface area contributed by atoms with E-state index in [0.29, 0.717) is 15.4 Å². The topological polar surface area (TPSA) is 80.6 Å². The zero-order valence-electron chi connectivity index (χ0n) is 15.5. The molecule has 0 saturated carbocycles. The van der Waals surface area contributed by atoms with Gasteiger partial charge in [0, 0.05) is 0 Å². The monoisotopic (exact) mass is 402 g/mol. The number of ether oxygens (including phenoxy) is 1. The minimum Gasteiger partial charge on any atom is -0.494 e. The first-order valence-electron chi connectivity index (χ1n) is 8.48. The largest absolute Gasteiger partial charge is 0.494 e. The van der Waals surface area contributed by atoms with E-state index in [-0.39, 0.29) is 23.3 Å². The summed E-state index contributed by atoms with van der Waals surface area (Å²) >= 11 is 1.16. The van der Waals surface area contributed by atoms with E-state index in [1.165, 1.54) is 25.5 Å². The summed E-state index contributed by atoms with van der Waals surface area (Å²) in [5.41, 5.74) is 1.34. The van der Waals surface area contributed by atoms with Crippen LogP contribution in [0, 0.1) is 12.7 Å². The molecule has 2 N–H and O–H groups in total. The van der Waals surface area contributed by atoms with Gasteiger partial charge in [0.05, 0.1) is 29.3 Å². The fourth-order valence-corrected chi connectivity index (χ4v) is 3.62. The highest BCUT2D eigenvalue weighted by atomic mass is 32.1. The van der Waals surface area contributed by atoms with Crippen LogP contribution < -0.4 is 15.4 Å². The average molecular weight is 402 g/mol. The van der Waals surface area contributed by atoms with Crippen molar-refractivity contribution in [3.63, 3.8) is 0 Å². The number of carbonyl (C=O) groups is 2. The highest BCUT2D eigenvalue weighted by Crippen LogP contribution is 2.28. The molecular formula is C20H19FN2O4S. The van der Waals surface area contributed by atoms with E-state index in [4.69, 9.17) is 9.15 Å². The van der Waals surface area contributed by atoms with Crippen LogP contribution in [0.3, 0.4) is 0 Å². The Morgan fingerprint density at radius 2 is 2.00 bits per heavy atom. The van der Waals surface area contributed by atoms with Crippen molar-refractivity contribution < 1.29 is 23.1 Å². The molecule has 6 nitrogen and oxygen atoms in total. The van der Waals surface area contributed by atoms with E-state index in [1.807, 2.05) is 0 Å². The number of aryl methyl sites for hydroxylation is 1. The zero-order valence-corrected chi connectivity index (χ0v) is 16.4. The van der Waals surface area contributed by atoms with Gasteiger partial charge in [0.15, 0.2) is 17.3 Å². The van der Waals surface area contributed by atoms with E-state index in [2.05, 4.69) is 10.6 Å². The SMILES string of the molecule is COc1ccc(C(C)NC(=O)c2sc(NC(=O)c3ccco3)cc2C)cc1F. The van der Waals surface area contributed by atoms with Crippen LogP contribution in [0.15, 0.2) is 47.1 Å². The molecule has 2 aromatic heterocycles. The Labute approximate surface area is 165 Å². The van der Waals surface area contributed by atoms with E-state index >= 15 is 0 Å². The van der Waals surface area contributed by atoms with Gasteiger partial charge in [-0.2, -0.15) is 0 Å². The number of carbonyl (C=O) groups excluding carboxylic acids is 2. The van der Waals surface area contributed by atoms with Crippen LogP contribution in [0.2, 0.25) is 0 Å². The Bertz CT molecular complexity index is 998. The standard InChI is InChI=1S/C20H19FN2O4S/c1-11-9-17(23-19(24)16-5-4-8-27-16)28-18(11)20(25)22-12(2)13-6-7-15(26-3)14(21)10-13/h4-10,12H,1-3H3,(H,22,25)(H,23,24). The molecule has 28 heavy (non-hydrogen) atoms. The van der Waals surface area contributed by atoms with Gasteiger partial charge in [-0.3, -0.25) is 9.59 Å². The first-order valence-corrected chi connectivity index (χ1v) is 9.30. The summed E-state index contributed by atoms with van der Waals surface area (Å²) in [5, 5.41) is 6.09. The number of thiophene rings is 1. The lowest BCUT2D eigenvalue weighted by Gasteiger charge is -2.15. The van der Waals surface area contributed by atoms with Crippen molar-refractivity contribution in [1.29, 1.82) is 0 Å². The Hall–Kier alpha value is -3.13. The predicted octanol–water partition coefficient (Wildman–Crippen LogP) is 4.54. The highest BCUT2D eigenvalue weighted by Gasteiger charge is 2.19. The third-order valence-corrected chi connectivity index (χ3v) is 5.28. The molecule has 3 rings (SSSR count). The summed E-state index contributed by atoms with van der Waals surface area (Å²) in [7, 11) is 1.39. The van der Waals surface area contributed by atoms with Gasteiger partial charge >= 0.3 is 0 Å². The number of halogens is 1. The molecule has 2 heterocycles. The minimum absolute atomic E-state index is 0.147. The van der Waals surface area contributed by atoms with Crippen molar-refractivity contribution in [3.05, 3.63) is 70.2 Å². The van der Waals surface area contributed by atoms with E-state index < -0.39 is 11.9 Å². The van der Waals surface area contributed by atoms with Crippen molar-refractivity contribution in [2.24, 2.45) is 0 Å². The number of methoxy groups -OCH3 is 1. The van der Waals surface area contributed by atoms with E-state index in [1.54, 1.807) is 38.1 Å². The van der Waals surface area contributed by atoms with Crippen LogP contribution in [0.4, 0.5) is 9.39 Å². The molecular weight excluding hydrogens is 383 g/mol. The smallest absolute Gasteiger partial charge is 0.291 e. The second kappa shape index (κ2) is 8.26. The summed E-state index contributed by atoms with van der Waals surface area (Å²) in [6, 6.07) is 9.04. The van der Waals surface area contributed by atoms with Crippen molar-refractivity contribution >= 4 is 28.2 Å². The van der Waals surface area contributed by atoms with Crippen LogP contribution in [-0.4, -0.2) is 18.9 Å². The average Bonchev–Trinajstić information content (AvgIpc) is 3.31. The molecule has 0 bridgehead atoms. The van der Waals surface area contributed by atoms with Gasteiger partial charge in [-0.05, 0) is 55.3 Å². The highest BCUT2D eigenvalue weighted by molar-refractivity contribution is 7.18. The molecule has 0 spiro atoms. The molecule has 1 atom stereocenters. The van der Waals surface area contributed by atoms with Crippen molar-refractivity contribution in [1.82, 2.24) is 5.32 Å². The van der Waals surface area contributed by atoms with Crippen LogP contribution >= 0.6 is 11.3 Å². The maximum absolute atomic E-state index is 13.9. The van der Waals surface area contributed by atoms with Crippen LogP contribution in [0.5, 0.6) is 5.75 Å². The number of amides is 2. The Kier molecular flexibility index (Phi) is 5.79. The number of benzene rings is 1. The van der Waals surface area contributed by atoms with Crippen molar-refractivity contribution in [2.45, 2.75) is 19.9 Å². The number of rotatable bonds is 6. The van der Waals surface area contributed by atoms with Gasteiger partial charge in [0.25, 0.3) is 11.8 Å². The van der Waals surface area contributed by atoms with Crippen LogP contribution in [0.25, 0.3) is 0 Å². The van der Waals surface area contributed by atoms with Crippen molar-refractivity contribution in [2.75, 3.05) is 12.4 Å². The second-order valence-corrected chi connectivity index (χ2v) is 7.20. The molecule has 3 aromatic rings. The summed E-state index contributed by atoms with van der Waals surface area (Å²) < 4.78 is 23.9. The van der Waals surface area contributed by atoms with E-state index in [9.17, 15) is 14.0 Å². The maximum atomic E-state index is 13.9. The number of hydrogen-bond acceptors (Lipinski definition) is 5. The lowest BCUT2D eigenvalue weighted by atomic mass is 10.1. The van der Waals surface area contributed by atoms with Gasteiger partial charge in [-0.15, -0.1) is 11.3 Å². The fraction of sp³-hybridized carbons (Fsp3) is 0.200. The number of anilines is 1. The maximum Gasteiger partial charge on any atom is 0.291 e. The number of hydrogen-bond donors (Lipinski definition) is 2. The van der Waals surface area contributed by atoms with Gasteiger partial charge in [-0.25, -0.2) is 4.39 Å². The van der Waals surface area contributed by atoms with Gasteiger partial charge in [0.1, 0.15) is 0 Å². The second-order valence-electron chi connectivity index (χ2n) is 6.14. The zero-order chi connectivity index (χ0) is 20.3. The summed E-state index contributed by atoms with van der Waals surface area (Å²) in [4.78, 5) is 25.2. The normalized spacial score (nSPS) is 11.7. The number of furan rings is 1. The molecule has 2 amide bonds. The van der Waals surface area contributed by atoms with Gasteiger partial charge in [0.2, 0.25) is 0 Å². The molecule has 0 aliphatic heterocycles. The third kappa shape index (κ3) is 4.23. The molecule has 1 aromatic carbocycles. The van der Waals surface area contributed by atoms with E-state index in [0.717, 1.165) is 16.9 Å². The predicted molar refractivity (Wildman–Crippen MR) is 105 cm³/mol. The summed E-state index contributed by atoms with van der Waals surface area (Å²) in [5.74, 6) is -0.845. The minimum atomic E-state index is -0.490. The molecule has 146 valence electrons. The first kappa shape index (κ1) is 19.6. The first-order chi connectivity index (χ1) is 13.4. The Morgan fingerprint density at radius 3 is 2.64 bits per heavy atom. The van der Waals surface area contributed by atoms with Crippen molar-refractivity contribution in [3.8, 4) is 5.75 Å². The quantitative estimate of drug-likeness (QED) is 0.634. The van der Waals surface area contributed by atoms with Crippen LogP contribution in [-0.2, 0) is 0 Å². The number of nitrogens with one attached hydrogen (secondary N) is 2. The Morgan fingerprint density at radius 1 is 1.21 bits per heavy atom. The molecule has 0 aliphatic carbocycles. The summed E-state index contributed by atoms with van der Waals surface area (Å²) in [6.07, 6.45) is 1.41. The van der Waals surface area contributed by atoms with Crippen LogP contribution in [0.1, 0.15) is 44.3 Å². The molecule has 0 fully saturated rings. The molecule has 0 radical (unpaired) electrons. The Balaban J connectivity index is 1.69. The third-order valence-electron chi connectivity index (χ3n) is 4.13. The molecule has 8 heteroatoms.